The topological polar surface area (TPSA) is 66.4 Å². The summed E-state index contributed by atoms with van der Waals surface area (Å²) in [6, 6.07) is 4.87. The smallest absolute Gasteiger partial charge is 0.329 e. The first kappa shape index (κ1) is 14.5. The number of aryl methyl sites for hydroxylation is 1. The van der Waals surface area contributed by atoms with Crippen molar-refractivity contribution in [3.05, 3.63) is 34.3 Å². The molecule has 5 heteroatoms. The van der Waals surface area contributed by atoms with E-state index in [9.17, 15) is 9.59 Å². The molecule has 0 aliphatic heterocycles. The van der Waals surface area contributed by atoms with Crippen LogP contribution in [0.3, 0.4) is 0 Å². The van der Waals surface area contributed by atoms with Crippen LogP contribution in [-0.4, -0.2) is 22.5 Å². The van der Waals surface area contributed by atoms with Crippen LogP contribution in [0, 0.1) is 6.92 Å². The highest BCUT2D eigenvalue weighted by atomic mass is 35.5. The molecule has 18 heavy (non-hydrogen) atoms. The van der Waals surface area contributed by atoms with E-state index < -0.39 is 17.4 Å². The van der Waals surface area contributed by atoms with Crippen molar-refractivity contribution in [1.82, 2.24) is 5.32 Å². The molecule has 1 amide bonds. The van der Waals surface area contributed by atoms with Crippen LogP contribution in [0.25, 0.3) is 0 Å². The molecule has 0 heterocycles. The molecule has 0 bridgehead atoms. The second-order valence-electron chi connectivity index (χ2n) is 4.41. The molecular weight excluding hydrogens is 254 g/mol. The summed E-state index contributed by atoms with van der Waals surface area (Å²) in [5, 5.41) is 12.1. The maximum absolute atomic E-state index is 12.0. The van der Waals surface area contributed by atoms with Crippen LogP contribution in [0.5, 0.6) is 0 Å². The molecule has 1 aromatic carbocycles. The van der Waals surface area contributed by atoms with Gasteiger partial charge >= 0.3 is 5.97 Å². The van der Waals surface area contributed by atoms with E-state index in [-0.39, 0.29) is 0 Å². The summed E-state index contributed by atoms with van der Waals surface area (Å²) in [7, 11) is 0. The molecule has 0 saturated carbocycles. The largest absolute Gasteiger partial charge is 0.480 e. The fourth-order valence-electron chi connectivity index (χ4n) is 1.35. The number of nitrogens with one attached hydrogen (secondary N) is 1. The summed E-state index contributed by atoms with van der Waals surface area (Å²) < 4.78 is 0. The number of benzene rings is 1. The molecule has 1 rings (SSSR count). The Balaban J connectivity index is 2.95. The van der Waals surface area contributed by atoms with E-state index in [1.807, 2.05) is 6.92 Å². The van der Waals surface area contributed by atoms with Gasteiger partial charge in [-0.05, 0) is 38.0 Å². The van der Waals surface area contributed by atoms with Gasteiger partial charge in [0, 0.05) is 10.6 Å². The number of rotatable bonds is 4. The van der Waals surface area contributed by atoms with Crippen molar-refractivity contribution in [3.8, 4) is 0 Å². The van der Waals surface area contributed by atoms with Crippen molar-refractivity contribution in [1.29, 1.82) is 0 Å². The van der Waals surface area contributed by atoms with Crippen LogP contribution >= 0.6 is 11.6 Å². The van der Waals surface area contributed by atoms with E-state index in [1.54, 1.807) is 19.1 Å². The monoisotopic (exact) mass is 269 g/mol. The molecule has 0 radical (unpaired) electrons. The minimum Gasteiger partial charge on any atom is -0.480 e. The Hall–Kier alpha value is -1.55. The van der Waals surface area contributed by atoms with Gasteiger partial charge in [-0.15, -0.1) is 0 Å². The van der Waals surface area contributed by atoms with Crippen LogP contribution in [0.2, 0.25) is 5.02 Å². The van der Waals surface area contributed by atoms with E-state index >= 15 is 0 Å². The number of carbonyl (C=O) groups is 2. The van der Waals surface area contributed by atoms with E-state index in [2.05, 4.69) is 5.32 Å². The molecule has 1 atom stereocenters. The molecule has 1 unspecified atom stereocenters. The number of hydrogen-bond acceptors (Lipinski definition) is 2. The van der Waals surface area contributed by atoms with Gasteiger partial charge in [0.15, 0.2) is 0 Å². The molecule has 0 spiro atoms. The summed E-state index contributed by atoms with van der Waals surface area (Å²) in [6.07, 6.45) is 0.299. The van der Waals surface area contributed by atoms with Crippen LogP contribution < -0.4 is 5.32 Å². The van der Waals surface area contributed by atoms with Crippen molar-refractivity contribution in [3.63, 3.8) is 0 Å². The molecular formula is C13H16ClNO3. The Bertz CT molecular complexity index is 487. The number of halogens is 1. The lowest BCUT2D eigenvalue weighted by Crippen LogP contribution is -2.51. The van der Waals surface area contributed by atoms with Gasteiger partial charge in [-0.2, -0.15) is 0 Å². The Morgan fingerprint density at radius 1 is 1.44 bits per heavy atom. The van der Waals surface area contributed by atoms with Crippen molar-refractivity contribution in [2.24, 2.45) is 0 Å². The van der Waals surface area contributed by atoms with Crippen LogP contribution in [0.4, 0.5) is 0 Å². The third kappa shape index (κ3) is 3.01. The van der Waals surface area contributed by atoms with Gasteiger partial charge in [0.25, 0.3) is 5.91 Å². The van der Waals surface area contributed by atoms with Crippen molar-refractivity contribution in [2.75, 3.05) is 0 Å². The van der Waals surface area contributed by atoms with Gasteiger partial charge in [0.2, 0.25) is 0 Å². The van der Waals surface area contributed by atoms with E-state index in [4.69, 9.17) is 16.7 Å². The molecule has 0 aromatic heterocycles. The first-order valence-electron chi connectivity index (χ1n) is 5.62. The predicted molar refractivity (Wildman–Crippen MR) is 70.0 cm³/mol. The second kappa shape index (κ2) is 5.40. The SMILES string of the molecule is CCC(C)(NC(=O)c1ccc(C)c(Cl)c1)C(=O)O. The second-order valence-corrected chi connectivity index (χ2v) is 4.82. The zero-order valence-electron chi connectivity index (χ0n) is 10.6. The van der Waals surface area contributed by atoms with Crippen molar-refractivity contribution in [2.45, 2.75) is 32.7 Å². The van der Waals surface area contributed by atoms with Crippen LogP contribution in [0.15, 0.2) is 18.2 Å². The van der Waals surface area contributed by atoms with E-state index in [1.165, 1.54) is 13.0 Å². The molecule has 0 fully saturated rings. The lowest BCUT2D eigenvalue weighted by molar-refractivity contribution is -0.143. The van der Waals surface area contributed by atoms with Gasteiger partial charge < -0.3 is 10.4 Å². The summed E-state index contributed by atoms with van der Waals surface area (Å²) in [5.41, 5.74) is -0.0507. The minimum atomic E-state index is -1.27. The number of amides is 1. The molecule has 0 aliphatic rings. The summed E-state index contributed by atoms with van der Waals surface area (Å²) in [4.78, 5) is 23.1. The summed E-state index contributed by atoms with van der Waals surface area (Å²) in [5.74, 6) is -1.50. The lowest BCUT2D eigenvalue weighted by Gasteiger charge is -2.24. The zero-order valence-corrected chi connectivity index (χ0v) is 11.3. The van der Waals surface area contributed by atoms with Crippen LogP contribution in [-0.2, 0) is 4.79 Å². The van der Waals surface area contributed by atoms with Gasteiger partial charge in [0.05, 0.1) is 0 Å². The Morgan fingerprint density at radius 2 is 2.06 bits per heavy atom. The van der Waals surface area contributed by atoms with Crippen molar-refractivity contribution < 1.29 is 14.7 Å². The van der Waals surface area contributed by atoms with Crippen LogP contribution in [0.1, 0.15) is 36.2 Å². The number of aliphatic carboxylic acids is 1. The lowest BCUT2D eigenvalue weighted by atomic mass is 9.98. The fraction of sp³-hybridized carbons (Fsp3) is 0.385. The molecule has 98 valence electrons. The number of carboxylic acids is 1. The zero-order chi connectivity index (χ0) is 13.9. The first-order valence-corrected chi connectivity index (χ1v) is 6.00. The summed E-state index contributed by atoms with van der Waals surface area (Å²) in [6.45, 7) is 5.01. The molecule has 2 N–H and O–H groups in total. The maximum atomic E-state index is 12.0. The van der Waals surface area contributed by atoms with E-state index in [0.29, 0.717) is 17.0 Å². The average Bonchev–Trinajstić information content (AvgIpc) is 2.32. The normalized spacial score (nSPS) is 13.8. The van der Waals surface area contributed by atoms with Gasteiger partial charge in [-0.3, -0.25) is 4.79 Å². The summed E-state index contributed by atoms with van der Waals surface area (Å²) >= 11 is 5.93. The Kier molecular flexibility index (Phi) is 4.35. The predicted octanol–water partition coefficient (Wildman–Crippen LogP) is 2.63. The number of hydrogen-bond donors (Lipinski definition) is 2. The van der Waals surface area contributed by atoms with E-state index in [0.717, 1.165) is 5.56 Å². The molecule has 1 aromatic rings. The first-order chi connectivity index (χ1) is 8.30. The highest BCUT2D eigenvalue weighted by Gasteiger charge is 2.33. The standard InChI is InChI=1S/C13H16ClNO3/c1-4-13(3,12(17)18)15-11(16)9-6-5-8(2)10(14)7-9/h5-7H,4H2,1-3H3,(H,15,16)(H,17,18). The Morgan fingerprint density at radius 3 is 2.50 bits per heavy atom. The van der Waals surface area contributed by atoms with Gasteiger partial charge in [-0.1, -0.05) is 24.6 Å². The number of carbonyl (C=O) groups excluding carboxylic acids is 1. The number of carboxylic acid groups (broad SMARTS) is 1. The quantitative estimate of drug-likeness (QED) is 0.883. The van der Waals surface area contributed by atoms with Crippen molar-refractivity contribution >= 4 is 23.5 Å². The highest BCUT2D eigenvalue weighted by molar-refractivity contribution is 6.31. The molecule has 0 saturated heterocycles. The third-order valence-corrected chi connectivity index (χ3v) is 3.41. The Labute approximate surface area is 111 Å². The maximum Gasteiger partial charge on any atom is 0.329 e. The minimum absolute atomic E-state index is 0.299. The van der Waals surface area contributed by atoms with Gasteiger partial charge in [-0.25, -0.2) is 4.79 Å². The fourth-order valence-corrected chi connectivity index (χ4v) is 1.53. The van der Waals surface area contributed by atoms with Gasteiger partial charge in [0.1, 0.15) is 5.54 Å². The molecule has 4 nitrogen and oxygen atoms in total. The highest BCUT2D eigenvalue weighted by Crippen LogP contribution is 2.18. The third-order valence-electron chi connectivity index (χ3n) is 3.00. The molecule has 0 aliphatic carbocycles. The average molecular weight is 270 g/mol.